The van der Waals surface area contributed by atoms with Gasteiger partial charge in [0.15, 0.2) is 7.35 Å². The number of benzene rings is 1. The van der Waals surface area contributed by atoms with E-state index in [1.807, 2.05) is 0 Å². The maximum atomic E-state index is 7.92. The Bertz CT molecular complexity index is 725. The summed E-state index contributed by atoms with van der Waals surface area (Å²) in [6.45, 7) is 32.9. The summed E-state index contributed by atoms with van der Waals surface area (Å²) in [5, 5.41) is 1.58. The van der Waals surface area contributed by atoms with Crippen molar-refractivity contribution >= 4 is 35.8 Å². The van der Waals surface area contributed by atoms with Crippen LogP contribution in [0.1, 0.15) is 33.3 Å². The first-order chi connectivity index (χ1) is 12.3. The van der Waals surface area contributed by atoms with Gasteiger partial charge in [-0.25, -0.2) is 0 Å². The molecular weight excluding hydrogens is 405 g/mol. The lowest BCUT2D eigenvalue weighted by molar-refractivity contribution is 0.0743. The second-order valence-corrected chi connectivity index (χ2v) is 43.8. The largest absolute Gasteiger partial charge is 0.411 e. The summed E-state index contributed by atoms with van der Waals surface area (Å²) >= 11 is 0. The van der Waals surface area contributed by atoms with Crippen LogP contribution in [0.4, 0.5) is 0 Å². The van der Waals surface area contributed by atoms with Gasteiger partial charge in [0.05, 0.1) is 28.5 Å². The molecule has 0 spiro atoms. The Morgan fingerprint density at radius 2 is 1.21 bits per heavy atom. The Kier molecular flexibility index (Phi) is 5.93. The molecule has 1 atom stereocenters. The Morgan fingerprint density at radius 1 is 0.786 bits per heavy atom. The molecule has 0 aromatic heterocycles. The van der Waals surface area contributed by atoms with Crippen molar-refractivity contribution in [3.05, 3.63) is 41.5 Å². The molecule has 1 heterocycles. The highest BCUT2D eigenvalue weighted by molar-refractivity contribution is 7.72. The first kappa shape index (κ1) is 24.1. The first-order valence-corrected chi connectivity index (χ1v) is 25.2. The average molecular weight is 449 g/mol. The average Bonchev–Trinajstić information content (AvgIpc) is 2.78. The van der Waals surface area contributed by atoms with Gasteiger partial charge in [0.2, 0.25) is 0 Å². The summed E-state index contributed by atoms with van der Waals surface area (Å²) in [6, 6.07) is 11.3. The summed E-state index contributed by atoms with van der Waals surface area (Å²) < 4.78 is 7.92. The summed E-state index contributed by atoms with van der Waals surface area (Å²) in [7, 11) is -7.03. The van der Waals surface area contributed by atoms with Crippen LogP contribution in [0.3, 0.4) is 0 Å². The zero-order valence-corrected chi connectivity index (χ0v) is 24.8. The Balaban J connectivity index is 3.10. The van der Waals surface area contributed by atoms with E-state index in [0.717, 1.165) is 0 Å². The minimum absolute atomic E-state index is 0.0929. The predicted octanol–water partition coefficient (Wildman–Crippen LogP) is 7.47. The van der Waals surface area contributed by atoms with Gasteiger partial charge in [-0.05, 0) is 28.7 Å². The monoisotopic (exact) mass is 448 g/mol. The van der Waals surface area contributed by atoms with E-state index in [1.165, 1.54) is 5.56 Å². The molecule has 0 N–H and O–H groups in total. The van der Waals surface area contributed by atoms with Crippen LogP contribution in [-0.4, -0.2) is 35.8 Å². The summed E-state index contributed by atoms with van der Waals surface area (Å²) in [4.78, 5) is 0. The molecule has 1 unspecified atom stereocenters. The van der Waals surface area contributed by atoms with Crippen molar-refractivity contribution in [3.8, 4) is 0 Å². The van der Waals surface area contributed by atoms with E-state index < -0.39 is 30.6 Å². The van der Waals surface area contributed by atoms with Gasteiger partial charge >= 0.3 is 0 Å². The van der Waals surface area contributed by atoms with Gasteiger partial charge in [0.25, 0.3) is 0 Å². The lowest BCUT2D eigenvalue weighted by Crippen LogP contribution is -2.76. The molecule has 1 aromatic rings. The van der Waals surface area contributed by atoms with Crippen molar-refractivity contribution in [1.82, 2.24) is 0 Å². The molecule has 0 aliphatic carbocycles. The van der Waals surface area contributed by atoms with E-state index in [9.17, 15) is 0 Å². The molecular formula is C23H44OSi4. The van der Waals surface area contributed by atoms with Gasteiger partial charge in [-0.15, -0.1) is 0 Å². The van der Waals surface area contributed by atoms with Crippen LogP contribution in [0, 0.1) is 5.41 Å². The van der Waals surface area contributed by atoms with E-state index in [1.54, 1.807) is 10.8 Å². The van der Waals surface area contributed by atoms with Crippen molar-refractivity contribution < 1.29 is 4.43 Å². The van der Waals surface area contributed by atoms with Crippen LogP contribution in [0.5, 0.6) is 0 Å². The van der Waals surface area contributed by atoms with Gasteiger partial charge in [-0.1, -0.05) is 110 Å². The Morgan fingerprint density at radius 3 is 1.54 bits per heavy atom. The van der Waals surface area contributed by atoms with E-state index in [-0.39, 0.29) is 10.6 Å². The third-order valence-corrected chi connectivity index (χ3v) is 44.9. The van der Waals surface area contributed by atoms with Crippen LogP contribution >= 0.6 is 0 Å². The van der Waals surface area contributed by atoms with E-state index >= 15 is 0 Å². The van der Waals surface area contributed by atoms with E-state index in [0.29, 0.717) is 0 Å². The molecule has 158 valence electrons. The lowest BCUT2D eigenvalue weighted by Gasteiger charge is -2.57. The summed E-state index contributed by atoms with van der Waals surface area (Å²) in [5.74, 6) is 0. The summed E-state index contributed by atoms with van der Waals surface area (Å²) in [6.07, 6.45) is 0. The number of rotatable bonds is 4. The van der Waals surface area contributed by atoms with Crippen LogP contribution in [0.2, 0.25) is 58.9 Å². The van der Waals surface area contributed by atoms with Crippen LogP contribution in [0.15, 0.2) is 35.9 Å². The molecule has 5 heteroatoms. The van der Waals surface area contributed by atoms with Crippen molar-refractivity contribution in [2.24, 2.45) is 5.41 Å². The van der Waals surface area contributed by atoms with Gasteiger partial charge < -0.3 is 4.43 Å². The van der Waals surface area contributed by atoms with E-state index in [2.05, 4.69) is 117 Å². The highest BCUT2D eigenvalue weighted by Crippen LogP contribution is 2.60. The third kappa shape index (κ3) is 3.25. The molecule has 0 amide bonds. The van der Waals surface area contributed by atoms with Gasteiger partial charge in [-0.2, -0.15) is 0 Å². The van der Waals surface area contributed by atoms with Gasteiger partial charge in [0, 0.05) is 0 Å². The maximum Gasteiger partial charge on any atom is 0.197 e. The highest BCUT2D eigenvalue weighted by atomic mass is 29.7. The molecule has 1 aliphatic heterocycles. The minimum atomic E-state index is -2.13. The standard InChI is InChI=1S/C23H44OSi4/c1-19-21(20-17-15-14-16-18-20)28(26(8,9)10,27(11,12)13)24-23(19,22(2,3)4)25(5,6)7/h14-18H,1-13H3. The SMILES string of the molecule is CC1=C(c2ccccc2)[Si]([Si](C)(C)C)([Si](C)(C)C)OC1(C(C)(C)C)[Si](C)(C)C. The fraction of sp³-hybridized carbons (Fsp3) is 0.652. The zero-order valence-electron chi connectivity index (χ0n) is 20.8. The van der Waals surface area contributed by atoms with Crippen molar-refractivity contribution in [3.63, 3.8) is 0 Å². The Hall–Kier alpha value is -0.212. The van der Waals surface area contributed by atoms with Gasteiger partial charge in [-0.3, -0.25) is 0 Å². The van der Waals surface area contributed by atoms with Gasteiger partial charge in [0.1, 0.15) is 0 Å². The molecule has 28 heavy (non-hydrogen) atoms. The molecule has 1 aromatic carbocycles. The van der Waals surface area contributed by atoms with E-state index in [4.69, 9.17) is 4.43 Å². The van der Waals surface area contributed by atoms with Crippen LogP contribution in [0.25, 0.3) is 5.20 Å². The van der Waals surface area contributed by atoms with Crippen molar-refractivity contribution in [1.29, 1.82) is 0 Å². The fourth-order valence-electron chi connectivity index (χ4n) is 6.56. The third-order valence-electron chi connectivity index (χ3n) is 6.85. The first-order valence-electron chi connectivity index (χ1n) is 10.8. The lowest BCUT2D eigenvalue weighted by atomic mass is 9.83. The zero-order chi connectivity index (χ0) is 22.0. The topological polar surface area (TPSA) is 9.23 Å². The maximum absolute atomic E-state index is 7.92. The molecule has 0 radical (unpaired) electrons. The molecule has 0 saturated heterocycles. The quantitative estimate of drug-likeness (QED) is 0.434. The number of hydrogen-bond acceptors (Lipinski definition) is 1. The molecule has 0 bridgehead atoms. The predicted molar refractivity (Wildman–Crippen MR) is 138 cm³/mol. The van der Waals surface area contributed by atoms with Crippen LogP contribution in [-0.2, 0) is 4.43 Å². The normalized spacial score (nSPS) is 24.0. The summed E-state index contributed by atoms with van der Waals surface area (Å²) in [5.41, 5.74) is 3.12. The fourth-order valence-corrected chi connectivity index (χ4v) is 55.4. The van der Waals surface area contributed by atoms with Crippen molar-refractivity contribution in [2.75, 3.05) is 0 Å². The second kappa shape index (κ2) is 6.91. The van der Waals surface area contributed by atoms with Crippen molar-refractivity contribution in [2.45, 2.75) is 91.8 Å². The molecule has 2 rings (SSSR count). The molecule has 1 aliphatic rings. The smallest absolute Gasteiger partial charge is 0.197 e. The highest BCUT2D eigenvalue weighted by Gasteiger charge is 2.71. The second-order valence-electron chi connectivity index (χ2n) is 12.8. The minimum Gasteiger partial charge on any atom is -0.411 e. The molecule has 0 saturated carbocycles. The molecule has 0 fully saturated rings. The molecule has 1 nitrogen and oxygen atoms in total. The Labute approximate surface area is 178 Å². The van der Waals surface area contributed by atoms with Crippen LogP contribution < -0.4 is 0 Å². The number of hydrogen-bond donors (Lipinski definition) is 0.